The Kier molecular flexibility index (Phi) is 3.50. The van der Waals surface area contributed by atoms with Crippen molar-refractivity contribution >= 4 is 5.78 Å². The fourth-order valence-corrected chi connectivity index (χ4v) is 0.992. The molecule has 5 heteroatoms. The molecule has 0 fully saturated rings. The molecule has 0 amide bonds. The molecule has 2 nitrogen and oxygen atoms in total. The van der Waals surface area contributed by atoms with Crippen LogP contribution >= 0.6 is 0 Å². The maximum atomic E-state index is 12.3. The third kappa shape index (κ3) is 3.08. The zero-order valence-corrected chi connectivity index (χ0v) is 7.19. The van der Waals surface area contributed by atoms with E-state index in [0.717, 1.165) is 0 Å². The first-order chi connectivity index (χ1) is 6.59. The van der Waals surface area contributed by atoms with Crippen molar-refractivity contribution < 1.29 is 18.0 Å². The number of rotatable bonds is 4. The molecule has 0 unspecified atom stereocenters. The molecule has 1 aromatic heterocycles. The van der Waals surface area contributed by atoms with Gasteiger partial charge in [-0.2, -0.15) is 8.78 Å². The molecule has 1 rings (SSSR count). The largest absolute Gasteiger partial charge is 0.365 e. The number of allylic oxidation sites excluding steroid dienone is 1. The van der Waals surface area contributed by atoms with Crippen molar-refractivity contribution in [3.8, 4) is 0 Å². The lowest BCUT2D eigenvalue weighted by Gasteiger charge is -1.96. The molecule has 14 heavy (non-hydrogen) atoms. The van der Waals surface area contributed by atoms with Gasteiger partial charge in [0, 0.05) is 18.3 Å². The molecule has 0 atom stereocenters. The molecule has 0 radical (unpaired) electrons. The van der Waals surface area contributed by atoms with Gasteiger partial charge in [0.2, 0.25) is 0 Å². The van der Waals surface area contributed by atoms with E-state index in [4.69, 9.17) is 0 Å². The average Bonchev–Trinajstić information content (AvgIpc) is 2.56. The van der Waals surface area contributed by atoms with Crippen LogP contribution in [0.25, 0.3) is 0 Å². The van der Waals surface area contributed by atoms with Crippen molar-refractivity contribution in [3.05, 3.63) is 35.9 Å². The van der Waals surface area contributed by atoms with Gasteiger partial charge in [-0.15, -0.1) is 0 Å². The van der Waals surface area contributed by atoms with Crippen LogP contribution < -0.4 is 0 Å². The van der Waals surface area contributed by atoms with Crippen molar-refractivity contribution in [2.24, 2.45) is 0 Å². The first-order valence-corrected chi connectivity index (χ1v) is 3.93. The Labute approximate surface area is 78.4 Å². The van der Waals surface area contributed by atoms with Gasteiger partial charge < -0.3 is 4.98 Å². The Bertz CT molecular complexity index is 339. The zero-order chi connectivity index (χ0) is 10.6. The fourth-order valence-electron chi connectivity index (χ4n) is 0.992. The van der Waals surface area contributed by atoms with Gasteiger partial charge in [-0.3, -0.25) is 4.79 Å². The minimum Gasteiger partial charge on any atom is -0.365 e. The van der Waals surface area contributed by atoms with Crippen molar-refractivity contribution in [2.45, 2.75) is 12.8 Å². The third-order valence-corrected chi connectivity index (χ3v) is 1.61. The van der Waals surface area contributed by atoms with Gasteiger partial charge in [-0.05, 0) is 12.1 Å². The summed E-state index contributed by atoms with van der Waals surface area (Å²) in [6.07, 6.45) is -1.73. The molecule has 0 saturated heterocycles. The summed E-state index contributed by atoms with van der Waals surface area (Å²) in [5.41, 5.74) is 0.585. The van der Waals surface area contributed by atoms with Crippen LogP contribution in [-0.2, 0) is 11.2 Å². The van der Waals surface area contributed by atoms with Crippen molar-refractivity contribution in [1.29, 1.82) is 0 Å². The lowest BCUT2D eigenvalue weighted by molar-refractivity contribution is -0.118. The van der Waals surface area contributed by atoms with E-state index < -0.39 is 24.1 Å². The van der Waals surface area contributed by atoms with Gasteiger partial charge >= 0.3 is 6.08 Å². The second kappa shape index (κ2) is 4.64. The fraction of sp³-hybridized carbons (Fsp3) is 0.222. The second-order valence-corrected chi connectivity index (χ2v) is 2.75. The summed E-state index contributed by atoms with van der Waals surface area (Å²) >= 11 is 0. The van der Waals surface area contributed by atoms with Crippen molar-refractivity contribution in [1.82, 2.24) is 4.98 Å². The number of hydrogen-bond donors (Lipinski definition) is 1. The summed E-state index contributed by atoms with van der Waals surface area (Å²) in [7, 11) is 0. The number of ketones is 1. The summed E-state index contributed by atoms with van der Waals surface area (Å²) in [6.45, 7) is 0. The molecule has 0 spiro atoms. The minimum atomic E-state index is -2.43. The molecular formula is C9H8F3NO. The van der Waals surface area contributed by atoms with E-state index in [1.807, 2.05) is 0 Å². The number of halogens is 3. The summed E-state index contributed by atoms with van der Waals surface area (Å²) in [5.74, 6) is -2.24. The van der Waals surface area contributed by atoms with Crippen LogP contribution in [0, 0.1) is 0 Å². The van der Waals surface area contributed by atoms with E-state index in [2.05, 4.69) is 4.98 Å². The van der Waals surface area contributed by atoms with E-state index in [1.165, 1.54) is 0 Å². The lowest BCUT2D eigenvalue weighted by atomic mass is 10.1. The highest BCUT2D eigenvalue weighted by molar-refractivity contribution is 5.82. The lowest BCUT2D eigenvalue weighted by Crippen LogP contribution is -2.03. The highest BCUT2D eigenvalue weighted by atomic mass is 19.3. The number of hydrogen-bond acceptors (Lipinski definition) is 1. The van der Waals surface area contributed by atoms with Crippen LogP contribution in [0.2, 0.25) is 0 Å². The molecule has 1 heterocycles. The predicted molar refractivity (Wildman–Crippen MR) is 44.5 cm³/mol. The third-order valence-electron chi connectivity index (χ3n) is 1.61. The zero-order valence-electron chi connectivity index (χ0n) is 7.19. The highest BCUT2D eigenvalue weighted by Gasteiger charge is 2.11. The Morgan fingerprint density at radius 2 is 2.07 bits per heavy atom. The predicted octanol–water partition coefficient (Wildman–Crippen LogP) is 2.59. The van der Waals surface area contributed by atoms with Crippen LogP contribution in [0.4, 0.5) is 13.2 Å². The summed E-state index contributed by atoms with van der Waals surface area (Å²) in [4.78, 5) is 13.7. The number of nitrogens with one attached hydrogen (secondary N) is 1. The van der Waals surface area contributed by atoms with E-state index >= 15 is 0 Å². The standard InChI is InChI=1S/C9H8F3NO/c10-8(9(11)12)5-7(14)4-6-2-1-3-13-6/h1-3,13H,4-5H2. The first-order valence-electron chi connectivity index (χ1n) is 3.93. The smallest absolute Gasteiger partial charge is 0.301 e. The number of H-pyrrole nitrogens is 1. The minimum absolute atomic E-state index is 0.0618. The van der Waals surface area contributed by atoms with E-state index in [0.29, 0.717) is 5.69 Å². The SMILES string of the molecule is O=C(CC(F)=C(F)F)Cc1ccc[nH]1. The molecule has 1 aromatic rings. The first kappa shape index (κ1) is 10.6. The maximum absolute atomic E-state index is 12.3. The van der Waals surface area contributed by atoms with Gasteiger partial charge in [0.15, 0.2) is 5.83 Å². The topological polar surface area (TPSA) is 32.9 Å². The van der Waals surface area contributed by atoms with Crippen LogP contribution in [0.3, 0.4) is 0 Å². The van der Waals surface area contributed by atoms with Crippen LogP contribution in [0.5, 0.6) is 0 Å². The molecule has 0 aromatic carbocycles. The van der Waals surface area contributed by atoms with Crippen LogP contribution in [-0.4, -0.2) is 10.8 Å². The molecule has 1 N–H and O–H groups in total. The second-order valence-electron chi connectivity index (χ2n) is 2.75. The van der Waals surface area contributed by atoms with E-state index in [-0.39, 0.29) is 6.42 Å². The maximum Gasteiger partial charge on any atom is 0.301 e. The summed E-state index contributed by atoms with van der Waals surface area (Å²) in [6, 6.07) is 3.30. The van der Waals surface area contributed by atoms with Crippen molar-refractivity contribution in [3.63, 3.8) is 0 Å². The van der Waals surface area contributed by atoms with Gasteiger partial charge in [-0.25, -0.2) is 4.39 Å². The molecule has 76 valence electrons. The normalized spacial score (nSPS) is 9.93. The highest BCUT2D eigenvalue weighted by Crippen LogP contribution is 2.14. The monoisotopic (exact) mass is 203 g/mol. The Morgan fingerprint density at radius 3 is 2.57 bits per heavy atom. The van der Waals surface area contributed by atoms with Crippen LogP contribution in [0.1, 0.15) is 12.1 Å². The Hall–Kier alpha value is -1.52. The Balaban J connectivity index is 2.49. The molecular weight excluding hydrogens is 195 g/mol. The summed E-state index contributed by atoms with van der Waals surface area (Å²) in [5, 5.41) is 0. The number of carbonyl (C=O) groups is 1. The molecule has 0 aliphatic heterocycles. The van der Waals surface area contributed by atoms with Crippen LogP contribution in [0.15, 0.2) is 30.2 Å². The van der Waals surface area contributed by atoms with Gasteiger partial charge in [0.1, 0.15) is 5.78 Å². The number of Topliss-reactive ketones (excluding diaryl/α,β-unsaturated/α-hetero) is 1. The molecule has 0 aliphatic rings. The number of aromatic nitrogens is 1. The quantitative estimate of drug-likeness (QED) is 0.801. The number of carbonyl (C=O) groups excluding carboxylic acids is 1. The van der Waals surface area contributed by atoms with Gasteiger partial charge in [0.05, 0.1) is 6.42 Å². The molecule has 0 aliphatic carbocycles. The Morgan fingerprint density at radius 1 is 1.36 bits per heavy atom. The van der Waals surface area contributed by atoms with E-state index in [9.17, 15) is 18.0 Å². The summed E-state index contributed by atoms with van der Waals surface area (Å²) < 4.78 is 35.5. The van der Waals surface area contributed by atoms with E-state index in [1.54, 1.807) is 18.3 Å². The number of aromatic amines is 1. The average molecular weight is 203 g/mol. The van der Waals surface area contributed by atoms with Gasteiger partial charge in [0.25, 0.3) is 0 Å². The molecule has 0 saturated carbocycles. The van der Waals surface area contributed by atoms with Gasteiger partial charge in [-0.1, -0.05) is 0 Å². The van der Waals surface area contributed by atoms with Crippen molar-refractivity contribution in [2.75, 3.05) is 0 Å². The molecule has 0 bridgehead atoms.